The molecule has 0 bridgehead atoms. The summed E-state index contributed by atoms with van der Waals surface area (Å²) in [4.78, 5) is 12.9. The largest absolute Gasteiger partial charge is 0.299 e. The number of carbonyl (C=O) groups is 1. The predicted molar refractivity (Wildman–Crippen MR) is 98.5 cm³/mol. The number of hydrogen-bond acceptors (Lipinski definition) is 1. The van der Waals surface area contributed by atoms with E-state index >= 15 is 0 Å². The minimum Gasteiger partial charge on any atom is -0.299 e. The van der Waals surface area contributed by atoms with Crippen LogP contribution < -0.4 is 0 Å². The van der Waals surface area contributed by atoms with Crippen molar-refractivity contribution in [1.29, 1.82) is 0 Å². The van der Waals surface area contributed by atoms with Crippen LogP contribution in [0.3, 0.4) is 0 Å². The first-order valence-corrected chi connectivity index (χ1v) is 9.38. The third-order valence-corrected chi connectivity index (χ3v) is 5.91. The van der Waals surface area contributed by atoms with Crippen LogP contribution in [0.2, 0.25) is 0 Å². The second kappa shape index (κ2) is 7.64. The number of hydrogen-bond donors (Lipinski definition) is 0. The Morgan fingerprint density at radius 3 is 2.43 bits per heavy atom. The monoisotopic (exact) mass is 314 g/mol. The highest BCUT2D eigenvalue weighted by Gasteiger charge is 2.39. The van der Waals surface area contributed by atoms with Crippen LogP contribution in [0, 0.1) is 23.2 Å². The van der Waals surface area contributed by atoms with Gasteiger partial charge < -0.3 is 0 Å². The Hall–Kier alpha value is -1.11. The first-order chi connectivity index (χ1) is 10.8. The lowest BCUT2D eigenvalue weighted by Crippen LogP contribution is -2.37. The van der Waals surface area contributed by atoms with Crippen LogP contribution >= 0.6 is 0 Å². The molecule has 0 aliphatic heterocycles. The van der Waals surface area contributed by atoms with Gasteiger partial charge in [-0.2, -0.15) is 0 Å². The van der Waals surface area contributed by atoms with E-state index in [9.17, 15) is 4.79 Å². The highest BCUT2D eigenvalue weighted by molar-refractivity contribution is 5.81. The van der Waals surface area contributed by atoms with Gasteiger partial charge in [0.2, 0.25) is 0 Å². The van der Waals surface area contributed by atoms with Gasteiger partial charge in [-0.15, -0.1) is 0 Å². The van der Waals surface area contributed by atoms with Gasteiger partial charge in [0.25, 0.3) is 0 Å². The van der Waals surface area contributed by atoms with Gasteiger partial charge >= 0.3 is 0 Å². The van der Waals surface area contributed by atoms with Gasteiger partial charge in [0, 0.05) is 12.3 Å². The smallest absolute Gasteiger partial charge is 0.136 e. The van der Waals surface area contributed by atoms with Crippen LogP contribution in [-0.4, -0.2) is 5.78 Å². The summed E-state index contributed by atoms with van der Waals surface area (Å²) in [5.41, 5.74) is 1.68. The topological polar surface area (TPSA) is 17.1 Å². The molecule has 1 aliphatic carbocycles. The first-order valence-electron chi connectivity index (χ1n) is 9.38. The molecule has 23 heavy (non-hydrogen) atoms. The minimum absolute atomic E-state index is 0.279. The van der Waals surface area contributed by atoms with Crippen molar-refractivity contribution in [3.63, 3.8) is 0 Å². The van der Waals surface area contributed by atoms with Crippen LogP contribution in [0.25, 0.3) is 0 Å². The number of rotatable bonds is 6. The van der Waals surface area contributed by atoms with E-state index in [1.807, 2.05) is 0 Å². The molecule has 0 amide bonds. The molecule has 2 unspecified atom stereocenters. The molecular formula is C22H34O. The van der Waals surface area contributed by atoms with Crippen LogP contribution in [0.5, 0.6) is 0 Å². The van der Waals surface area contributed by atoms with Gasteiger partial charge in [-0.05, 0) is 54.4 Å². The Balaban J connectivity index is 1.97. The van der Waals surface area contributed by atoms with Crippen molar-refractivity contribution in [2.45, 2.75) is 72.6 Å². The zero-order chi connectivity index (χ0) is 17.0. The molecule has 1 saturated carbocycles. The maximum absolute atomic E-state index is 12.9. The molecule has 1 aromatic carbocycles. The maximum Gasteiger partial charge on any atom is 0.136 e. The highest BCUT2D eigenvalue weighted by atomic mass is 16.1. The molecule has 0 radical (unpaired) electrons. The Labute approximate surface area is 142 Å². The third kappa shape index (κ3) is 4.93. The van der Waals surface area contributed by atoms with E-state index in [1.165, 1.54) is 18.4 Å². The van der Waals surface area contributed by atoms with Crippen molar-refractivity contribution in [3.05, 3.63) is 35.9 Å². The minimum atomic E-state index is 0.279. The Morgan fingerprint density at radius 1 is 1.17 bits per heavy atom. The van der Waals surface area contributed by atoms with E-state index in [-0.39, 0.29) is 5.92 Å². The van der Waals surface area contributed by atoms with Crippen molar-refractivity contribution in [2.75, 3.05) is 0 Å². The molecule has 1 aliphatic rings. The fraction of sp³-hybridized carbons (Fsp3) is 0.682. The lowest BCUT2D eigenvalue weighted by atomic mass is 9.62. The van der Waals surface area contributed by atoms with Gasteiger partial charge in [-0.25, -0.2) is 0 Å². The summed E-state index contributed by atoms with van der Waals surface area (Å²) in [5, 5.41) is 0. The van der Waals surface area contributed by atoms with E-state index in [1.54, 1.807) is 0 Å². The van der Waals surface area contributed by atoms with Crippen LogP contribution in [0.1, 0.15) is 78.2 Å². The number of ketones is 1. The average Bonchev–Trinajstić information content (AvgIpc) is 2.51. The molecule has 1 nitrogen and oxygen atoms in total. The van der Waals surface area contributed by atoms with Crippen LogP contribution in [-0.2, 0) is 4.79 Å². The Bertz CT molecular complexity index is 500. The molecule has 1 heteroatoms. The van der Waals surface area contributed by atoms with Gasteiger partial charge in [-0.3, -0.25) is 4.79 Å². The van der Waals surface area contributed by atoms with E-state index in [2.05, 4.69) is 65.0 Å². The SMILES string of the molecule is CC(C)C1CCC(C)(C)CC1C(=O)CC[C@@H](C)c1ccccc1. The van der Waals surface area contributed by atoms with Gasteiger partial charge in [0.15, 0.2) is 0 Å². The zero-order valence-electron chi connectivity index (χ0n) is 15.6. The van der Waals surface area contributed by atoms with Crippen LogP contribution in [0.4, 0.5) is 0 Å². The van der Waals surface area contributed by atoms with Gasteiger partial charge in [0.1, 0.15) is 5.78 Å². The second-order valence-electron chi connectivity index (χ2n) is 8.74. The Kier molecular flexibility index (Phi) is 6.06. The van der Waals surface area contributed by atoms with Crippen molar-refractivity contribution < 1.29 is 4.79 Å². The van der Waals surface area contributed by atoms with Crippen LogP contribution in [0.15, 0.2) is 30.3 Å². The van der Waals surface area contributed by atoms with Crippen molar-refractivity contribution in [1.82, 2.24) is 0 Å². The number of carbonyl (C=O) groups excluding carboxylic acids is 1. The first kappa shape index (κ1) is 18.2. The quantitative estimate of drug-likeness (QED) is 0.607. The van der Waals surface area contributed by atoms with Crippen molar-refractivity contribution in [2.24, 2.45) is 23.2 Å². The van der Waals surface area contributed by atoms with E-state index in [0.29, 0.717) is 29.0 Å². The molecule has 2 rings (SSSR count). The summed E-state index contributed by atoms with van der Waals surface area (Å²) in [6.45, 7) is 11.5. The fourth-order valence-corrected chi connectivity index (χ4v) is 4.25. The zero-order valence-corrected chi connectivity index (χ0v) is 15.6. The standard InChI is InChI=1S/C22H34O/c1-16(2)19-13-14-22(4,5)15-20(19)21(23)12-11-17(3)18-9-7-6-8-10-18/h6-10,16-17,19-20H,11-15H2,1-5H3/t17-,19?,20?/m1/s1. The average molecular weight is 315 g/mol. The summed E-state index contributed by atoms with van der Waals surface area (Å²) in [6.07, 6.45) is 5.27. The molecule has 0 heterocycles. The molecule has 0 N–H and O–H groups in total. The summed E-state index contributed by atoms with van der Waals surface area (Å²) in [5.74, 6) is 2.46. The molecule has 128 valence electrons. The molecule has 0 saturated heterocycles. The van der Waals surface area contributed by atoms with E-state index in [0.717, 1.165) is 19.3 Å². The summed E-state index contributed by atoms with van der Waals surface area (Å²) in [7, 11) is 0. The predicted octanol–water partition coefficient (Wildman–Crippen LogP) is 6.24. The molecule has 0 spiro atoms. The third-order valence-electron chi connectivity index (χ3n) is 5.91. The highest BCUT2D eigenvalue weighted by Crippen LogP contribution is 2.45. The Morgan fingerprint density at radius 2 is 1.83 bits per heavy atom. The summed E-state index contributed by atoms with van der Waals surface area (Å²) >= 11 is 0. The van der Waals surface area contributed by atoms with Gasteiger partial charge in [-0.1, -0.05) is 65.0 Å². The lowest BCUT2D eigenvalue weighted by molar-refractivity contribution is -0.128. The molecule has 3 atom stereocenters. The van der Waals surface area contributed by atoms with Gasteiger partial charge in [0.05, 0.1) is 0 Å². The normalized spacial score (nSPS) is 25.3. The maximum atomic E-state index is 12.9. The van der Waals surface area contributed by atoms with E-state index in [4.69, 9.17) is 0 Å². The molecule has 1 fully saturated rings. The lowest BCUT2D eigenvalue weighted by Gasteiger charge is -2.42. The molecule has 0 aromatic heterocycles. The molecular weight excluding hydrogens is 280 g/mol. The summed E-state index contributed by atoms with van der Waals surface area (Å²) < 4.78 is 0. The summed E-state index contributed by atoms with van der Waals surface area (Å²) in [6, 6.07) is 10.6. The number of Topliss-reactive ketones (excluding diaryl/α,β-unsaturated/α-hetero) is 1. The van der Waals surface area contributed by atoms with Crippen molar-refractivity contribution >= 4 is 5.78 Å². The molecule has 1 aromatic rings. The number of benzene rings is 1. The van der Waals surface area contributed by atoms with E-state index < -0.39 is 0 Å². The second-order valence-corrected chi connectivity index (χ2v) is 8.74. The van der Waals surface area contributed by atoms with Crippen molar-refractivity contribution in [3.8, 4) is 0 Å². The fourth-order valence-electron chi connectivity index (χ4n) is 4.25.